The third-order valence-corrected chi connectivity index (χ3v) is 5.49. The molecule has 0 radical (unpaired) electrons. The van der Waals surface area contributed by atoms with Crippen molar-refractivity contribution in [3.05, 3.63) is 65.2 Å². The number of hydrogen-bond donors (Lipinski definition) is 1. The van der Waals surface area contributed by atoms with Gasteiger partial charge in [-0.25, -0.2) is 8.42 Å². The maximum Gasteiger partial charge on any atom is 0.240 e. The van der Waals surface area contributed by atoms with Gasteiger partial charge in [-0.05, 0) is 43.8 Å². The van der Waals surface area contributed by atoms with Crippen molar-refractivity contribution in [2.24, 2.45) is 0 Å². The summed E-state index contributed by atoms with van der Waals surface area (Å²) < 4.78 is 25.2. The van der Waals surface area contributed by atoms with Crippen LogP contribution in [0.2, 0.25) is 5.02 Å². The SMILES string of the molecule is CN(CCCNC(=O)CN(c1cccc(Cl)c1)S(C)(=O)=O)Cc1ccccc1. The molecule has 0 saturated carbocycles. The Bertz CT molecular complexity index is 875. The largest absolute Gasteiger partial charge is 0.354 e. The Hall–Kier alpha value is -2.09. The van der Waals surface area contributed by atoms with Gasteiger partial charge < -0.3 is 10.2 Å². The maximum atomic E-state index is 12.2. The summed E-state index contributed by atoms with van der Waals surface area (Å²) in [5.41, 5.74) is 1.60. The van der Waals surface area contributed by atoms with Crippen LogP contribution in [0.4, 0.5) is 5.69 Å². The monoisotopic (exact) mass is 423 g/mol. The zero-order valence-corrected chi connectivity index (χ0v) is 17.7. The first-order chi connectivity index (χ1) is 13.3. The first kappa shape index (κ1) is 22.2. The van der Waals surface area contributed by atoms with Crippen LogP contribution in [0.3, 0.4) is 0 Å². The number of nitrogens with zero attached hydrogens (tertiary/aromatic N) is 2. The summed E-state index contributed by atoms with van der Waals surface area (Å²) >= 11 is 5.94. The van der Waals surface area contributed by atoms with E-state index in [1.807, 2.05) is 25.2 Å². The summed E-state index contributed by atoms with van der Waals surface area (Å²) in [4.78, 5) is 14.4. The van der Waals surface area contributed by atoms with Gasteiger partial charge in [0.15, 0.2) is 0 Å². The Morgan fingerprint density at radius 1 is 1.11 bits per heavy atom. The Labute approximate surface area is 172 Å². The van der Waals surface area contributed by atoms with Crippen molar-refractivity contribution in [1.82, 2.24) is 10.2 Å². The molecule has 8 heteroatoms. The van der Waals surface area contributed by atoms with E-state index in [4.69, 9.17) is 11.6 Å². The minimum atomic E-state index is -3.60. The van der Waals surface area contributed by atoms with Gasteiger partial charge >= 0.3 is 0 Å². The van der Waals surface area contributed by atoms with Crippen LogP contribution >= 0.6 is 11.6 Å². The number of carbonyl (C=O) groups excluding carboxylic acids is 1. The van der Waals surface area contributed by atoms with E-state index in [0.29, 0.717) is 17.3 Å². The van der Waals surface area contributed by atoms with E-state index in [0.717, 1.165) is 30.1 Å². The molecule has 0 aliphatic rings. The van der Waals surface area contributed by atoms with Crippen LogP contribution in [-0.4, -0.2) is 52.2 Å². The van der Waals surface area contributed by atoms with E-state index in [1.165, 1.54) is 11.6 Å². The third kappa shape index (κ3) is 7.50. The first-order valence-corrected chi connectivity index (χ1v) is 11.2. The Morgan fingerprint density at radius 3 is 2.46 bits per heavy atom. The van der Waals surface area contributed by atoms with Crippen molar-refractivity contribution in [2.75, 3.05) is 37.2 Å². The second-order valence-electron chi connectivity index (χ2n) is 6.68. The topological polar surface area (TPSA) is 69.7 Å². The molecule has 1 amide bonds. The van der Waals surface area contributed by atoms with Crippen LogP contribution in [0, 0.1) is 0 Å². The molecular weight excluding hydrogens is 398 g/mol. The van der Waals surface area contributed by atoms with E-state index >= 15 is 0 Å². The molecule has 6 nitrogen and oxygen atoms in total. The maximum absolute atomic E-state index is 12.2. The molecule has 0 heterocycles. The number of halogens is 1. The molecule has 0 unspecified atom stereocenters. The molecule has 0 aromatic heterocycles. The predicted molar refractivity (Wildman–Crippen MR) is 114 cm³/mol. The van der Waals surface area contributed by atoms with Gasteiger partial charge in [-0.3, -0.25) is 9.10 Å². The van der Waals surface area contributed by atoms with E-state index in [2.05, 4.69) is 22.3 Å². The molecule has 2 rings (SSSR count). The lowest BCUT2D eigenvalue weighted by molar-refractivity contribution is -0.119. The number of anilines is 1. The number of carbonyl (C=O) groups is 1. The molecule has 152 valence electrons. The van der Waals surface area contributed by atoms with Crippen LogP contribution in [0.25, 0.3) is 0 Å². The fraction of sp³-hybridized carbons (Fsp3) is 0.350. The van der Waals surface area contributed by atoms with Gasteiger partial charge in [-0.1, -0.05) is 48.0 Å². The van der Waals surface area contributed by atoms with Gasteiger partial charge in [0.25, 0.3) is 0 Å². The molecule has 1 N–H and O–H groups in total. The van der Waals surface area contributed by atoms with E-state index < -0.39 is 10.0 Å². The van der Waals surface area contributed by atoms with E-state index in [9.17, 15) is 13.2 Å². The molecule has 0 fully saturated rings. The quantitative estimate of drug-likeness (QED) is 0.596. The lowest BCUT2D eigenvalue weighted by atomic mass is 10.2. The van der Waals surface area contributed by atoms with Crippen LogP contribution in [0.5, 0.6) is 0 Å². The summed E-state index contributed by atoms with van der Waals surface area (Å²) in [6, 6.07) is 16.6. The lowest BCUT2D eigenvalue weighted by Crippen LogP contribution is -2.41. The fourth-order valence-corrected chi connectivity index (χ4v) is 3.80. The Kier molecular flexibility index (Phi) is 8.29. The average Bonchev–Trinajstić information content (AvgIpc) is 2.63. The number of benzene rings is 2. The normalized spacial score (nSPS) is 11.4. The number of amides is 1. The summed E-state index contributed by atoms with van der Waals surface area (Å²) in [5.74, 6) is -0.351. The summed E-state index contributed by atoms with van der Waals surface area (Å²) in [7, 11) is -1.58. The Balaban J connectivity index is 1.80. The minimum absolute atomic E-state index is 0.279. The van der Waals surface area contributed by atoms with E-state index in [1.54, 1.807) is 18.2 Å². The molecule has 2 aromatic carbocycles. The van der Waals surface area contributed by atoms with Crippen LogP contribution < -0.4 is 9.62 Å². The van der Waals surface area contributed by atoms with Crippen LogP contribution in [0.1, 0.15) is 12.0 Å². The highest BCUT2D eigenvalue weighted by Gasteiger charge is 2.20. The number of nitrogens with one attached hydrogen (secondary N) is 1. The smallest absolute Gasteiger partial charge is 0.240 e. The molecule has 0 atom stereocenters. The number of sulfonamides is 1. The molecular formula is C20H26ClN3O3S. The molecule has 0 saturated heterocycles. The molecule has 2 aromatic rings. The molecule has 0 aliphatic carbocycles. The van der Waals surface area contributed by atoms with Crippen molar-refractivity contribution in [1.29, 1.82) is 0 Å². The lowest BCUT2D eigenvalue weighted by Gasteiger charge is -2.22. The van der Waals surface area contributed by atoms with Gasteiger partial charge in [0.05, 0.1) is 11.9 Å². The zero-order chi connectivity index (χ0) is 20.6. The molecule has 0 spiro atoms. The highest BCUT2D eigenvalue weighted by Crippen LogP contribution is 2.21. The zero-order valence-electron chi connectivity index (χ0n) is 16.1. The highest BCUT2D eigenvalue weighted by molar-refractivity contribution is 7.92. The second kappa shape index (κ2) is 10.5. The minimum Gasteiger partial charge on any atom is -0.354 e. The van der Waals surface area contributed by atoms with Gasteiger partial charge in [0, 0.05) is 18.1 Å². The predicted octanol–water partition coefficient (Wildman–Crippen LogP) is 2.74. The van der Waals surface area contributed by atoms with Crippen molar-refractivity contribution < 1.29 is 13.2 Å². The van der Waals surface area contributed by atoms with Gasteiger partial charge in [0.1, 0.15) is 6.54 Å². The van der Waals surface area contributed by atoms with Crippen LogP contribution in [-0.2, 0) is 21.4 Å². The number of rotatable bonds is 10. The fourth-order valence-electron chi connectivity index (χ4n) is 2.77. The molecule has 0 bridgehead atoms. The standard InChI is InChI=1S/C20H26ClN3O3S/c1-23(15-17-8-4-3-5-9-17)13-7-12-22-20(25)16-24(28(2,26)27)19-11-6-10-18(21)14-19/h3-6,8-11,14H,7,12-13,15-16H2,1-2H3,(H,22,25). The molecule has 28 heavy (non-hydrogen) atoms. The summed E-state index contributed by atoms with van der Waals surface area (Å²) in [6.45, 7) is 1.86. The Morgan fingerprint density at radius 2 is 1.82 bits per heavy atom. The van der Waals surface area contributed by atoms with Crippen molar-refractivity contribution in [3.63, 3.8) is 0 Å². The molecule has 0 aliphatic heterocycles. The second-order valence-corrected chi connectivity index (χ2v) is 9.02. The van der Waals surface area contributed by atoms with E-state index in [-0.39, 0.29) is 12.5 Å². The third-order valence-electron chi connectivity index (χ3n) is 4.12. The van der Waals surface area contributed by atoms with Crippen molar-refractivity contribution >= 4 is 33.2 Å². The van der Waals surface area contributed by atoms with Gasteiger partial charge in [0.2, 0.25) is 15.9 Å². The van der Waals surface area contributed by atoms with Gasteiger partial charge in [-0.2, -0.15) is 0 Å². The van der Waals surface area contributed by atoms with Gasteiger partial charge in [-0.15, -0.1) is 0 Å². The highest BCUT2D eigenvalue weighted by atomic mass is 35.5. The first-order valence-electron chi connectivity index (χ1n) is 8.98. The van der Waals surface area contributed by atoms with Crippen molar-refractivity contribution in [2.45, 2.75) is 13.0 Å². The van der Waals surface area contributed by atoms with Crippen molar-refractivity contribution in [3.8, 4) is 0 Å². The summed E-state index contributed by atoms with van der Waals surface area (Å²) in [5, 5.41) is 3.19. The number of hydrogen-bond acceptors (Lipinski definition) is 4. The summed E-state index contributed by atoms with van der Waals surface area (Å²) in [6.07, 6.45) is 1.84. The van der Waals surface area contributed by atoms with Crippen LogP contribution in [0.15, 0.2) is 54.6 Å². The average molecular weight is 424 g/mol.